The lowest BCUT2D eigenvalue weighted by molar-refractivity contribution is 0.0525. The molecule has 66 valence electrons. The third kappa shape index (κ3) is 2.24. The molecule has 0 aliphatic rings. The summed E-state index contributed by atoms with van der Waals surface area (Å²) in [5.41, 5.74) is 0.251. The van der Waals surface area contributed by atoms with Crippen LogP contribution in [0.1, 0.15) is 23.1 Å². The number of esters is 1. The molecular weight excluding hydrogens is 170 g/mol. The van der Waals surface area contributed by atoms with Gasteiger partial charge in [0.1, 0.15) is 6.07 Å². The van der Waals surface area contributed by atoms with Crippen LogP contribution in [0.4, 0.5) is 0 Å². The van der Waals surface area contributed by atoms with Crippen molar-refractivity contribution in [2.45, 2.75) is 6.92 Å². The number of nitriles is 1. The Kier molecular flexibility index (Phi) is 2.92. The number of ether oxygens (including phenoxy) is 1. The molecule has 0 aliphatic heterocycles. The molecule has 0 fully saturated rings. The van der Waals surface area contributed by atoms with E-state index in [0.29, 0.717) is 6.61 Å². The van der Waals surface area contributed by atoms with Crippen LogP contribution >= 0.6 is 0 Å². The topological polar surface area (TPSA) is 75.9 Å². The molecule has 0 amide bonds. The predicted octanol–water partition coefficient (Wildman–Crippen LogP) is 0.525. The van der Waals surface area contributed by atoms with Gasteiger partial charge in [0, 0.05) is 12.4 Å². The summed E-state index contributed by atoms with van der Waals surface area (Å²) in [4.78, 5) is 18.3. The third-order valence-electron chi connectivity index (χ3n) is 1.26. The molecular formula is C8H7N3O2. The Morgan fingerprint density at radius 3 is 2.69 bits per heavy atom. The molecule has 1 rings (SSSR count). The lowest BCUT2D eigenvalue weighted by Gasteiger charge is -1.99. The van der Waals surface area contributed by atoms with Gasteiger partial charge in [-0.25, -0.2) is 14.8 Å². The summed E-state index contributed by atoms with van der Waals surface area (Å²) in [6, 6.07) is 1.75. The summed E-state index contributed by atoms with van der Waals surface area (Å²) in [7, 11) is 0. The van der Waals surface area contributed by atoms with Crippen molar-refractivity contribution in [2.24, 2.45) is 0 Å². The number of aromatic nitrogens is 2. The zero-order valence-electron chi connectivity index (χ0n) is 7.02. The Morgan fingerprint density at radius 2 is 2.23 bits per heavy atom. The Balaban J connectivity index is 2.81. The van der Waals surface area contributed by atoms with E-state index in [1.54, 1.807) is 13.0 Å². The van der Waals surface area contributed by atoms with Crippen LogP contribution in [0, 0.1) is 11.3 Å². The van der Waals surface area contributed by atoms with Gasteiger partial charge in [0.2, 0.25) is 5.82 Å². The highest BCUT2D eigenvalue weighted by Gasteiger charge is 2.06. The van der Waals surface area contributed by atoms with Gasteiger partial charge in [-0.15, -0.1) is 0 Å². The fourth-order valence-electron chi connectivity index (χ4n) is 0.706. The van der Waals surface area contributed by atoms with E-state index >= 15 is 0 Å². The van der Waals surface area contributed by atoms with Gasteiger partial charge in [0.15, 0.2) is 0 Å². The monoisotopic (exact) mass is 177 g/mol. The lowest BCUT2D eigenvalue weighted by atomic mass is 10.3. The van der Waals surface area contributed by atoms with Crippen molar-refractivity contribution in [3.8, 4) is 6.07 Å². The summed E-state index contributed by atoms with van der Waals surface area (Å²) < 4.78 is 4.70. The standard InChI is InChI=1S/C8H7N3O2/c1-2-13-8(12)6-4-10-7(3-9)11-5-6/h4-5H,2H2,1H3. The average Bonchev–Trinajstić information content (AvgIpc) is 2.18. The van der Waals surface area contributed by atoms with Crippen LogP contribution in [0.15, 0.2) is 12.4 Å². The molecule has 0 radical (unpaired) electrons. The van der Waals surface area contributed by atoms with Crippen molar-refractivity contribution >= 4 is 5.97 Å². The Labute approximate surface area is 75.0 Å². The van der Waals surface area contributed by atoms with Gasteiger partial charge in [-0.2, -0.15) is 5.26 Å². The fraction of sp³-hybridized carbons (Fsp3) is 0.250. The number of carbonyl (C=O) groups excluding carboxylic acids is 1. The molecule has 0 saturated carbocycles. The van der Waals surface area contributed by atoms with Crippen molar-refractivity contribution in [1.82, 2.24) is 9.97 Å². The SMILES string of the molecule is CCOC(=O)c1cnc(C#N)nc1. The largest absolute Gasteiger partial charge is 0.462 e. The van der Waals surface area contributed by atoms with E-state index in [2.05, 4.69) is 9.97 Å². The molecule has 0 aliphatic carbocycles. The van der Waals surface area contributed by atoms with Crippen LogP contribution in [0.5, 0.6) is 0 Å². The van der Waals surface area contributed by atoms with Crippen molar-refractivity contribution in [2.75, 3.05) is 6.61 Å². The van der Waals surface area contributed by atoms with E-state index in [1.807, 2.05) is 0 Å². The van der Waals surface area contributed by atoms with Gasteiger partial charge >= 0.3 is 5.97 Å². The Hall–Kier alpha value is -1.96. The van der Waals surface area contributed by atoms with Gasteiger partial charge in [-0.05, 0) is 6.92 Å². The van der Waals surface area contributed by atoms with E-state index in [9.17, 15) is 4.79 Å². The maximum absolute atomic E-state index is 11.1. The second kappa shape index (κ2) is 4.16. The van der Waals surface area contributed by atoms with E-state index in [1.165, 1.54) is 12.4 Å². The average molecular weight is 177 g/mol. The first-order chi connectivity index (χ1) is 6.27. The minimum Gasteiger partial charge on any atom is -0.462 e. The first-order valence-electron chi connectivity index (χ1n) is 3.67. The highest BCUT2D eigenvalue weighted by atomic mass is 16.5. The Bertz CT molecular complexity index is 339. The first-order valence-corrected chi connectivity index (χ1v) is 3.67. The van der Waals surface area contributed by atoms with Crippen LogP contribution in [0.3, 0.4) is 0 Å². The van der Waals surface area contributed by atoms with Gasteiger partial charge in [0.25, 0.3) is 0 Å². The molecule has 0 bridgehead atoms. The minimum atomic E-state index is -0.480. The summed E-state index contributed by atoms with van der Waals surface area (Å²) in [6.45, 7) is 2.02. The molecule has 5 nitrogen and oxygen atoms in total. The van der Waals surface area contributed by atoms with Crippen LogP contribution in [-0.2, 0) is 4.74 Å². The molecule has 0 spiro atoms. The number of hydrogen-bond donors (Lipinski definition) is 0. The van der Waals surface area contributed by atoms with Gasteiger partial charge in [-0.3, -0.25) is 0 Å². The van der Waals surface area contributed by atoms with Gasteiger partial charge < -0.3 is 4.74 Å². The van der Waals surface area contributed by atoms with Crippen LogP contribution in [0.2, 0.25) is 0 Å². The fourth-order valence-corrected chi connectivity index (χ4v) is 0.706. The molecule has 1 heterocycles. The molecule has 5 heteroatoms. The lowest BCUT2D eigenvalue weighted by Crippen LogP contribution is -2.06. The van der Waals surface area contributed by atoms with Crippen molar-refractivity contribution in [3.63, 3.8) is 0 Å². The van der Waals surface area contributed by atoms with E-state index < -0.39 is 5.97 Å². The van der Waals surface area contributed by atoms with Gasteiger partial charge in [-0.1, -0.05) is 0 Å². The molecule has 1 aromatic heterocycles. The highest BCUT2D eigenvalue weighted by Crippen LogP contribution is 1.98. The highest BCUT2D eigenvalue weighted by molar-refractivity contribution is 5.88. The molecule has 0 N–H and O–H groups in total. The zero-order valence-corrected chi connectivity index (χ0v) is 7.02. The second-order valence-corrected chi connectivity index (χ2v) is 2.13. The summed E-state index contributed by atoms with van der Waals surface area (Å²) in [5, 5.41) is 8.38. The van der Waals surface area contributed by atoms with Crippen LogP contribution in [0.25, 0.3) is 0 Å². The van der Waals surface area contributed by atoms with Crippen molar-refractivity contribution in [3.05, 3.63) is 23.8 Å². The molecule has 0 atom stereocenters. The van der Waals surface area contributed by atoms with Crippen LogP contribution in [-0.4, -0.2) is 22.5 Å². The normalized spacial score (nSPS) is 8.92. The molecule has 0 unspecified atom stereocenters. The molecule has 0 aromatic carbocycles. The minimum absolute atomic E-state index is 0.0352. The number of carbonyl (C=O) groups is 1. The summed E-state index contributed by atoms with van der Waals surface area (Å²) in [6.07, 6.45) is 2.53. The number of rotatable bonds is 2. The Morgan fingerprint density at radius 1 is 1.62 bits per heavy atom. The zero-order chi connectivity index (χ0) is 9.68. The maximum atomic E-state index is 11.1. The number of hydrogen-bond acceptors (Lipinski definition) is 5. The van der Waals surface area contributed by atoms with Crippen molar-refractivity contribution in [1.29, 1.82) is 5.26 Å². The van der Waals surface area contributed by atoms with E-state index in [-0.39, 0.29) is 11.4 Å². The first kappa shape index (κ1) is 9.13. The second-order valence-electron chi connectivity index (χ2n) is 2.13. The summed E-state index contributed by atoms with van der Waals surface area (Å²) >= 11 is 0. The maximum Gasteiger partial charge on any atom is 0.341 e. The number of nitrogens with zero attached hydrogens (tertiary/aromatic N) is 3. The smallest absolute Gasteiger partial charge is 0.341 e. The molecule has 13 heavy (non-hydrogen) atoms. The third-order valence-corrected chi connectivity index (χ3v) is 1.26. The molecule has 0 saturated heterocycles. The van der Waals surface area contributed by atoms with Crippen molar-refractivity contribution < 1.29 is 9.53 Å². The quantitative estimate of drug-likeness (QED) is 0.615. The van der Waals surface area contributed by atoms with E-state index in [4.69, 9.17) is 10.00 Å². The molecule has 1 aromatic rings. The van der Waals surface area contributed by atoms with Gasteiger partial charge in [0.05, 0.1) is 12.2 Å². The van der Waals surface area contributed by atoms with Crippen LogP contribution < -0.4 is 0 Å². The predicted molar refractivity (Wildman–Crippen MR) is 42.7 cm³/mol. The van der Waals surface area contributed by atoms with E-state index in [0.717, 1.165) is 0 Å². The summed E-state index contributed by atoms with van der Waals surface area (Å²) in [5.74, 6) is -0.444.